The van der Waals surface area contributed by atoms with Crippen LogP contribution in [0, 0.1) is 5.41 Å². The minimum absolute atomic E-state index is 0. The Morgan fingerprint density at radius 3 is 2.05 bits per heavy atom. The van der Waals surface area contributed by atoms with Gasteiger partial charge in [-0.15, -0.1) is 12.4 Å². The summed E-state index contributed by atoms with van der Waals surface area (Å²) in [6, 6.07) is 0. The lowest BCUT2D eigenvalue weighted by atomic mass is 9.96. The van der Waals surface area contributed by atoms with Crippen molar-refractivity contribution in [3.05, 3.63) is 0 Å². The minimum atomic E-state index is -0.366. The van der Waals surface area contributed by atoms with Crippen LogP contribution in [0.15, 0.2) is 0 Å². The Bertz CT molecular complexity index is 265. The molecule has 0 aromatic carbocycles. The van der Waals surface area contributed by atoms with Crippen molar-refractivity contribution in [2.24, 2.45) is 5.41 Å². The van der Waals surface area contributed by atoms with Gasteiger partial charge >= 0.3 is 0 Å². The Labute approximate surface area is 122 Å². The molecule has 0 spiro atoms. The van der Waals surface area contributed by atoms with Gasteiger partial charge in [0.2, 0.25) is 11.8 Å². The number of amides is 2. The quantitative estimate of drug-likeness (QED) is 0.587. The van der Waals surface area contributed by atoms with E-state index in [1.807, 2.05) is 27.8 Å². The van der Waals surface area contributed by atoms with E-state index in [2.05, 4.69) is 16.0 Å². The predicted octanol–water partition coefficient (Wildman–Crippen LogP) is 1.08. The highest BCUT2D eigenvalue weighted by molar-refractivity contribution is 5.85. The van der Waals surface area contributed by atoms with E-state index in [0.29, 0.717) is 25.9 Å². The maximum atomic E-state index is 11.5. The van der Waals surface area contributed by atoms with Crippen molar-refractivity contribution in [3.63, 3.8) is 0 Å². The monoisotopic (exact) mass is 293 g/mol. The van der Waals surface area contributed by atoms with Gasteiger partial charge in [-0.3, -0.25) is 9.59 Å². The number of hydrogen-bond donors (Lipinski definition) is 3. The zero-order chi connectivity index (χ0) is 14.0. The van der Waals surface area contributed by atoms with Crippen molar-refractivity contribution in [3.8, 4) is 0 Å². The van der Waals surface area contributed by atoms with Gasteiger partial charge < -0.3 is 16.0 Å². The molecule has 0 bridgehead atoms. The molecule has 19 heavy (non-hydrogen) atoms. The standard InChI is InChI=1S/C13H27N3O2.ClH/c1-13(2,3)12(18)16-9-5-7-11(17)15-10-6-8-14-4;/h14H,5-10H2,1-4H3,(H,15,17)(H,16,18);1H. The Balaban J connectivity index is 0. The van der Waals surface area contributed by atoms with E-state index in [0.717, 1.165) is 13.0 Å². The molecule has 5 nitrogen and oxygen atoms in total. The average Bonchev–Trinajstić information content (AvgIpc) is 2.28. The van der Waals surface area contributed by atoms with Crippen molar-refractivity contribution >= 4 is 24.2 Å². The summed E-state index contributed by atoms with van der Waals surface area (Å²) in [6.07, 6.45) is 2.08. The second-order valence-electron chi connectivity index (χ2n) is 5.42. The Morgan fingerprint density at radius 1 is 0.947 bits per heavy atom. The molecule has 0 aliphatic rings. The second-order valence-corrected chi connectivity index (χ2v) is 5.42. The zero-order valence-electron chi connectivity index (χ0n) is 12.5. The van der Waals surface area contributed by atoms with Gasteiger partial charge in [-0.05, 0) is 26.4 Å². The maximum Gasteiger partial charge on any atom is 0.225 e. The lowest BCUT2D eigenvalue weighted by Gasteiger charge is -2.17. The van der Waals surface area contributed by atoms with E-state index in [1.165, 1.54) is 0 Å². The van der Waals surface area contributed by atoms with Crippen LogP contribution in [0.5, 0.6) is 0 Å². The Hall–Kier alpha value is -0.810. The highest BCUT2D eigenvalue weighted by Gasteiger charge is 2.20. The van der Waals surface area contributed by atoms with Crippen LogP contribution in [0.25, 0.3) is 0 Å². The number of hydrogen-bond acceptors (Lipinski definition) is 3. The van der Waals surface area contributed by atoms with Gasteiger partial charge in [-0.1, -0.05) is 20.8 Å². The molecule has 0 aliphatic heterocycles. The van der Waals surface area contributed by atoms with E-state index < -0.39 is 0 Å². The van der Waals surface area contributed by atoms with Gasteiger partial charge in [0.1, 0.15) is 0 Å². The maximum absolute atomic E-state index is 11.5. The molecular formula is C13H28ClN3O2. The van der Waals surface area contributed by atoms with Gasteiger partial charge in [0, 0.05) is 24.9 Å². The fourth-order valence-electron chi connectivity index (χ4n) is 1.30. The van der Waals surface area contributed by atoms with Crippen molar-refractivity contribution in [1.29, 1.82) is 0 Å². The smallest absolute Gasteiger partial charge is 0.225 e. The van der Waals surface area contributed by atoms with Crippen LogP contribution >= 0.6 is 12.4 Å². The van der Waals surface area contributed by atoms with Crippen LogP contribution < -0.4 is 16.0 Å². The molecule has 0 fully saturated rings. The first-order valence-corrected chi connectivity index (χ1v) is 6.57. The molecule has 0 atom stereocenters. The van der Waals surface area contributed by atoms with Crippen molar-refractivity contribution in [2.75, 3.05) is 26.7 Å². The van der Waals surface area contributed by atoms with E-state index >= 15 is 0 Å². The fraction of sp³-hybridized carbons (Fsp3) is 0.846. The van der Waals surface area contributed by atoms with Crippen LogP contribution in [-0.4, -0.2) is 38.5 Å². The summed E-state index contributed by atoms with van der Waals surface area (Å²) in [5.74, 6) is 0.0769. The second kappa shape index (κ2) is 11.1. The largest absolute Gasteiger partial charge is 0.356 e. The average molecular weight is 294 g/mol. The summed E-state index contributed by atoms with van der Waals surface area (Å²) in [6.45, 7) is 7.78. The molecule has 0 aromatic heterocycles. The number of rotatable bonds is 8. The van der Waals surface area contributed by atoms with E-state index in [9.17, 15) is 9.59 Å². The molecule has 3 N–H and O–H groups in total. The summed E-state index contributed by atoms with van der Waals surface area (Å²) in [7, 11) is 1.89. The molecule has 2 amide bonds. The topological polar surface area (TPSA) is 70.2 Å². The number of carbonyl (C=O) groups excluding carboxylic acids is 2. The van der Waals surface area contributed by atoms with Gasteiger partial charge in [-0.25, -0.2) is 0 Å². The molecule has 0 aliphatic carbocycles. The predicted molar refractivity (Wildman–Crippen MR) is 80.5 cm³/mol. The molecule has 114 valence electrons. The van der Waals surface area contributed by atoms with Crippen LogP contribution in [0.2, 0.25) is 0 Å². The Kier molecular flexibility index (Phi) is 11.9. The first-order chi connectivity index (χ1) is 8.38. The summed E-state index contributed by atoms with van der Waals surface area (Å²) >= 11 is 0. The molecule has 6 heteroatoms. The lowest BCUT2D eigenvalue weighted by Crippen LogP contribution is -2.35. The van der Waals surface area contributed by atoms with E-state index in [4.69, 9.17) is 0 Å². The van der Waals surface area contributed by atoms with Gasteiger partial charge in [0.25, 0.3) is 0 Å². The van der Waals surface area contributed by atoms with Gasteiger partial charge in [-0.2, -0.15) is 0 Å². The molecule has 0 saturated carbocycles. The lowest BCUT2D eigenvalue weighted by molar-refractivity contribution is -0.128. The third-order valence-corrected chi connectivity index (χ3v) is 2.47. The third kappa shape index (κ3) is 12.0. The highest BCUT2D eigenvalue weighted by atomic mass is 35.5. The van der Waals surface area contributed by atoms with Gasteiger partial charge in [0.05, 0.1) is 0 Å². The van der Waals surface area contributed by atoms with Crippen LogP contribution in [0.4, 0.5) is 0 Å². The first kappa shape index (κ1) is 20.5. The van der Waals surface area contributed by atoms with Crippen LogP contribution in [0.1, 0.15) is 40.0 Å². The minimum Gasteiger partial charge on any atom is -0.356 e. The summed E-state index contributed by atoms with van der Waals surface area (Å²) in [5, 5.41) is 8.69. The molecule has 0 rings (SSSR count). The van der Waals surface area contributed by atoms with Gasteiger partial charge in [0.15, 0.2) is 0 Å². The third-order valence-electron chi connectivity index (χ3n) is 2.47. The first-order valence-electron chi connectivity index (χ1n) is 6.57. The molecule has 0 radical (unpaired) electrons. The molecule has 0 saturated heterocycles. The number of nitrogens with one attached hydrogen (secondary N) is 3. The highest BCUT2D eigenvalue weighted by Crippen LogP contribution is 2.12. The molecule has 0 heterocycles. The number of halogens is 1. The van der Waals surface area contributed by atoms with Crippen LogP contribution in [-0.2, 0) is 9.59 Å². The summed E-state index contributed by atoms with van der Waals surface area (Å²) < 4.78 is 0. The van der Waals surface area contributed by atoms with Crippen molar-refractivity contribution in [1.82, 2.24) is 16.0 Å². The molecular weight excluding hydrogens is 266 g/mol. The van der Waals surface area contributed by atoms with Crippen molar-refractivity contribution < 1.29 is 9.59 Å². The van der Waals surface area contributed by atoms with Crippen LogP contribution in [0.3, 0.4) is 0 Å². The van der Waals surface area contributed by atoms with Crippen molar-refractivity contribution in [2.45, 2.75) is 40.0 Å². The summed E-state index contributed by atoms with van der Waals surface area (Å²) in [5.41, 5.74) is -0.366. The summed E-state index contributed by atoms with van der Waals surface area (Å²) in [4.78, 5) is 22.9. The molecule has 0 aromatic rings. The zero-order valence-corrected chi connectivity index (χ0v) is 13.3. The van der Waals surface area contributed by atoms with E-state index in [1.54, 1.807) is 0 Å². The SMILES string of the molecule is CNCCCNC(=O)CCCNC(=O)C(C)(C)C.Cl. The molecule has 0 unspecified atom stereocenters. The van der Waals surface area contributed by atoms with E-state index in [-0.39, 0.29) is 29.6 Å². The Morgan fingerprint density at radius 2 is 1.53 bits per heavy atom. The fourth-order valence-corrected chi connectivity index (χ4v) is 1.30. The number of carbonyl (C=O) groups is 2. The normalized spacial score (nSPS) is 10.5.